The molecule has 2 aromatic carbocycles. The average molecular weight is 431 g/mol. The highest BCUT2D eigenvalue weighted by Gasteiger charge is 2.20. The molecule has 3 aromatic rings. The lowest BCUT2D eigenvalue weighted by Crippen LogP contribution is -2.15. The van der Waals surface area contributed by atoms with Crippen LogP contribution >= 0.6 is 11.8 Å². The maximum atomic E-state index is 12.8. The number of nitrogens with one attached hydrogen (secondary N) is 1. The molecule has 0 aliphatic heterocycles. The average Bonchev–Trinajstić information content (AvgIpc) is 3.01. The van der Waals surface area contributed by atoms with Gasteiger partial charge in [-0.3, -0.25) is 9.52 Å². The molecule has 9 heteroatoms. The lowest BCUT2D eigenvalue weighted by Gasteiger charge is -2.13. The van der Waals surface area contributed by atoms with Crippen LogP contribution < -0.4 is 4.72 Å². The van der Waals surface area contributed by atoms with Gasteiger partial charge in [0.05, 0.1) is 18.1 Å². The number of anilines is 1. The Morgan fingerprint density at radius 3 is 2.38 bits per heavy atom. The van der Waals surface area contributed by atoms with E-state index in [-0.39, 0.29) is 11.0 Å². The summed E-state index contributed by atoms with van der Waals surface area (Å²) >= 11 is 1.36. The minimum atomic E-state index is -3.35. The molecule has 7 nitrogen and oxygen atoms in total. The van der Waals surface area contributed by atoms with Crippen LogP contribution in [-0.4, -0.2) is 40.5 Å². The standard InChI is InChI=1S/C20H22N4O3S2/c1-14(19(25)17-9-11-18(12-10-17)23-29(3,26)27)28-20-22-21-15(2)24(20)13-16-7-5-4-6-8-16/h4-12,14,23H,13H2,1-3H3/t14-/m1/s1. The molecule has 0 aliphatic carbocycles. The Morgan fingerprint density at radius 2 is 1.76 bits per heavy atom. The van der Waals surface area contributed by atoms with E-state index in [4.69, 9.17) is 0 Å². The van der Waals surface area contributed by atoms with Crippen molar-refractivity contribution in [2.75, 3.05) is 11.0 Å². The van der Waals surface area contributed by atoms with Crippen LogP contribution in [-0.2, 0) is 16.6 Å². The van der Waals surface area contributed by atoms with Gasteiger partial charge in [-0.05, 0) is 43.7 Å². The number of rotatable bonds is 8. The molecular weight excluding hydrogens is 408 g/mol. The van der Waals surface area contributed by atoms with Crippen molar-refractivity contribution in [3.63, 3.8) is 0 Å². The zero-order valence-corrected chi connectivity index (χ0v) is 18.0. The summed E-state index contributed by atoms with van der Waals surface area (Å²) in [6.07, 6.45) is 1.08. The number of hydrogen-bond donors (Lipinski definition) is 1. The number of carbonyl (C=O) groups excluding carboxylic acids is 1. The molecule has 0 fully saturated rings. The topological polar surface area (TPSA) is 94.0 Å². The smallest absolute Gasteiger partial charge is 0.229 e. The number of Topliss-reactive ketones (excluding diaryl/α,β-unsaturated/α-hetero) is 1. The maximum Gasteiger partial charge on any atom is 0.229 e. The Hall–Kier alpha value is -2.65. The van der Waals surface area contributed by atoms with E-state index in [1.54, 1.807) is 24.3 Å². The second-order valence-electron chi connectivity index (χ2n) is 6.68. The van der Waals surface area contributed by atoms with Gasteiger partial charge in [-0.1, -0.05) is 42.1 Å². The minimum absolute atomic E-state index is 0.0622. The number of hydrogen-bond acceptors (Lipinski definition) is 6. The van der Waals surface area contributed by atoms with E-state index in [2.05, 4.69) is 14.9 Å². The number of aromatic nitrogens is 3. The number of thioether (sulfide) groups is 1. The molecule has 29 heavy (non-hydrogen) atoms. The Labute approximate surface area is 174 Å². The largest absolute Gasteiger partial charge is 0.302 e. The minimum Gasteiger partial charge on any atom is -0.302 e. The van der Waals surface area contributed by atoms with E-state index in [9.17, 15) is 13.2 Å². The third-order valence-corrected chi connectivity index (χ3v) is 5.90. The highest BCUT2D eigenvalue weighted by Crippen LogP contribution is 2.26. The van der Waals surface area contributed by atoms with E-state index < -0.39 is 10.0 Å². The van der Waals surface area contributed by atoms with E-state index in [1.807, 2.05) is 48.7 Å². The molecule has 0 unspecified atom stereocenters. The molecule has 0 radical (unpaired) electrons. The van der Waals surface area contributed by atoms with Crippen molar-refractivity contribution in [3.05, 3.63) is 71.5 Å². The highest BCUT2D eigenvalue weighted by atomic mass is 32.2. The maximum absolute atomic E-state index is 12.8. The number of benzene rings is 2. The second-order valence-corrected chi connectivity index (χ2v) is 9.73. The van der Waals surface area contributed by atoms with Gasteiger partial charge in [-0.2, -0.15) is 0 Å². The van der Waals surface area contributed by atoms with E-state index in [0.717, 1.165) is 17.6 Å². The third kappa shape index (κ3) is 5.68. The number of carbonyl (C=O) groups is 1. The van der Waals surface area contributed by atoms with Crippen molar-refractivity contribution >= 4 is 33.3 Å². The summed E-state index contributed by atoms with van der Waals surface area (Å²) in [5.74, 6) is 0.722. The van der Waals surface area contributed by atoms with Gasteiger partial charge in [-0.25, -0.2) is 8.42 Å². The molecule has 1 aromatic heterocycles. The summed E-state index contributed by atoms with van der Waals surface area (Å²) in [6.45, 7) is 4.35. The Morgan fingerprint density at radius 1 is 1.10 bits per heavy atom. The van der Waals surface area contributed by atoms with E-state index >= 15 is 0 Å². The van der Waals surface area contributed by atoms with Crippen LogP contribution in [0.15, 0.2) is 59.8 Å². The molecule has 0 spiro atoms. The fourth-order valence-corrected chi connectivity index (χ4v) is 4.30. The van der Waals surface area contributed by atoms with Crippen LogP contribution in [0.1, 0.15) is 28.7 Å². The first-order valence-corrected chi connectivity index (χ1v) is 11.7. The van der Waals surface area contributed by atoms with Crippen LogP contribution in [0.25, 0.3) is 0 Å². The highest BCUT2D eigenvalue weighted by molar-refractivity contribution is 8.00. The summed E-state index contributed by atoms with van der Waals surface area (Å²) in [5, 5.41) is 8.70. The predicted molar refractivity (Wildman–Crippen MR) is 115 cm³/mol. The van der Waals surface area contributed by atoms with Gasteiger partial charge >= 0.3 is 0 Å². The Bertz CT molecular complexity index is 1090. The van der Waals surface area contributed by atoms with Gasteiger partial charge in [0.25, 0.3) is 0 Å². The summed E-state index contributed by atoms with van der Waals surface area (Å²) in [7, 11) is -3.35. The van der Waals surface area contributed by atoms with Crippen molar-refractivity contribution in [2.45, 2.75) is 30.8 Å². The van der Waals surface area contributed by atoms with E-state index in [1.165, 1.54) is 11.8 Å². The van der Waals surface area contributed by atoms with Gasteiger partial charge < -0.3 is 4.57 Å². The third-order valence-electron chi connectivity index (χ3n) is 4.21. The van der Waals surface area contributed by atoms with Crippen LogP contribution in [0, 0.1) is 6.92 Å². The number of aryl methyl sites for hydroxylation is 1. The van der Waals surface area contributed by atoms with Crippen LogP contribution in [0.2, 0.25) is 0 Å². The van der Waals surface area contributed by atoms with Crippen LogP contribution in [0.4, 0.5) is 5.69 Å². The zero-order valence-electron chi connectivity index (χ0n) is 16.4. The molecule has 0 saturated heterocycles. The van der Waals surface area contributed by atoms with Crippen LogP contribution in [0.3, 0.4) is 0 Å². The molecule has 1 heterocycles. The first-order valence-electron chi connectivity index (χ1n) is 8.95. The Kier molecular flexibility index (Phi) is 6.39. The lowest BCUT2D eigenvalue weighted by atomic mass is 10.1. The summed E-state index contributed by atoms with van der Waals surface area (Å²) in [6, 6.07) is 16.4. The summed E-state index contributed by atoms with van der Waals surface area (Å²) < 4.78 is 27.0. The SMILES string of the molecule is Cc1nnc(S[C@H](C)C(=O)c2ccc(NS(C)(=O)=O)cc2)n1Cc1ccccc1. The summed E-state index contributed by atoms with van der Waals surface area (Å²) in [4.78, 5) is 12.8. The number of sulfonamides is 1. The van der Waals surface area contributed by atoms with Crippen molar-refractivity contribution in [2.24, 2.45) is 0 Å². The molecule has 0 amide bonds. The summed E-state index contributed by atoms with van der Waals surface area (Å²) in [5.41, 5.74) is 2.06. The molecule has 0 saturated carbocycles. The number of nitrogens with zero attached hydrogens (tertiary/aromatic N) is 3. The van der Waals surface area contributed by atoms with Crippen molar-refractivity contribution in [1.29, 1.82) is 0 Å². The molecule has 1 N–H and O–H groups in total. The van der Waals surface area contributed by atoms with E-state index in [0.29, 0.717) is 23.0 Å². The molecule has 152 valence electrons. The normalized spacial score (nSPS) is 12.5. The van der Waals surface area contributed by atoms with Gasteiger partial charge in [0, 0.05) is 11.3 Å². The Balaban J connectivity index is 1.72. The monoisotopic (exact) mass is 430 g/mol. The lowest BCUT2D eigenvalue weighted by molar-refractivity contribution is 0.0994. The van der Waals surface area contributed by atoms with Gasteiger partial charge in [0.2, 0.25) is 10.0 Å². The number of ketones is 1. The fourth-order valence-electron chi connectivity index (χ4n) is 2.76. The van der Waals surface area contributed by atoms with Gasteiger partial charge in [0.1, 0.15) is 5.82 Å². The van der Waals surface area contributed by atoms with Crippen molar-refractivity contribution < 1.29 is 13.2 Å². The molecule has 1 atom stereocenters. The second kappa shape index (κ2) is 8.79. The molecular formula is C20H22N4O3S2. The van der Waals surface area contributed by atoms with Crippen molar-refractivity contribution in [1.82, 2.24) is 14.8 Å². The first kappa shape index (κ1) is 21.1. The molecule has 0 aliphatic rings. The van der Waals surface area contributed by atoms with Gasteiger partial charge in [-0.15, -0.1) is 10.2 Å². The van der Waals surface area contributed by atoms with Crippen molar-refractivity contribution in [3.8, 4) is 0 Å². The molecule has 3 rings (SSSR count). The zero-order chi connectivity index (χ0) is 21.0. The quantitative estimate of drug-likeness (QED) is 0.435. The first-order chi connectivity index (χ1) is 13.7. The molecule has 0 bridgehead atoms. The fraction of sp³-hybridized carbons (Fsp3) is 0.250. The van der Waals surface area contributed by atoms with Crippen LogP contribution in [0.5, 0.6) is 0 Å². The predicted octanol–water partition coefficient (Wildman–Crippen LogP) is 3.37. The van der Waals surface area contributed by atoms with Gasteiger partial charge in [0.15, 0.2) is 10.9 Å².